The number of amides is 1. The minimum atomic E-state index is -1.86. The zero-order valence-corrected chi connectivity index (χ0v) is 13.9. The Bertz CT molecular complexity index is 754. The first-order valence-electron chi connectivity index (χ1n) is 7.05. The molecule has 1 aromatic rings. The molecular weight excluding hydrogens is 330 g/mol. The summed E-state index contributed by atoms with van der Waals surface area (Å²) < 4.78 is 4.73. The number of rotatable bonds is 4. The van der Waals surface area contributed by atoms with Crippen molar-refractivity contribution in [2.24, 2.45) is 5.92 Å². The number of methoxy groups -OCH3 is 1. The van der Waals surface area contributed by atoms with E-state index in [0.717, 1.165) is 12.7 Å². The van der Waals surface area contributed by atoms with E-state index in [9.17, 15) is 19.6 Å². The monoisotopic (exact) mass is 345 g/mol. The third-order valence-electron chi connectivity index (χ3n) is 3.82. The number of nitriles is 1. The molecule has 0 saturated carbocycles. The van der Waals surface area contributed by atoms with Gasteiger partial charge in [-0.2, -0.15) is 5.26 Å². The van der Waals surface area contributed by atoms with Crippen molar-refractivity contribution in [3.05, 3.63) is 35.4 Å². The molecule has 1 heterocycles. The van der Waals surface area contributed by atoms with E-state index in [-0.39, 0.29) is 5.11 Å². The lowest BCUT2D eigenvalue weighted by molar-refractivity contribution is -0.152. The number of hydrogen-bond donors (Lipinski definition) is 2. The highest BCUT2D eigenvalue weighted by atomic mass is 32.1. The summed E-state index contributed by atoms with van der Waals surface area (Å²) in [5, 5.41) is 14.1. The van der Waals surface area contributed by atoms with E-state index in [1.54, 1.807) is 30.3 Å². The Balaban J connectivity index is 2.44. The molecule has 7 nitrogen and oxygen atoms in total. The molecule has 24 heavy (non-hydrogen) atoms. The number of nitrogens with zero attached hydrogens (tertiary/aromatic N) is 1. The first kappa shape index (κ1) is 17.6. The summed E-state index contributed by atoms with van der Waals surface area (Å²) in [5.74, 6) is -3.51. The average Bonchev–Trinajstić information content (AvgIpc) is 2.54. The van der Waals surface area contributed by atoms with E-state index in [1.807, 2.05) is 6.92 Å². The lowest BCUT2D eigenvalue weighted by Gasteiger charge is -2.38. The van der Waals surface area contributed by atoms with Gasteiger partial charge in [-0.1, -0.05) is 29.8 Å². The van der Waals surface area contributed by atoms with Crippen molar-refractivity contribution in [3.8, 4) is 6.07 Å². The summed E-state index contributed by atoms with van der Waals surface area (Å²) in [7, 11) is 1.12. The molecule has 1 aliphatic heterocycles. The van der Waals surface area contributed by atoms with Crippen LogP contribution < -0.4 is 10.6 Å². The summed E-state index contributed by atoms with van der Waals surface area (Å²) in [6.07, 6.45) is -0.436. The second-order valence-electron chi connectivity index (χ2n) is 5.43. The molecule has 0 bridgehead atoms. The van der Waals surface area contributed by atoms with Gasteiger partial charge < -0.3 is 15.4 Å². The Morgan fingerprint density at radius 2 is 2.00 bits per heavy atom. The second-order valence-corrected chi connectivity index (χ2v) is 5.84. The van der Waals surface area contributed by atoms with Crippen LogP contribution in [0.5, 0.6) is 0 Å². The number of thiocarbonyl (C=S) groups is 1. The summed E-state index contributed by atoms with van der Waals surface area (Å²) in [6.45, 7) is 1.88. The molecule has 8 heteroatoms. The summed E-state index contributed by atoms with van der Waals surface area (Å²) >= 11 is 4.91. The van der Waals surface area contributed by atoms with Crippen molar-refractivity contribution < 1.29 is 19.1 Å². The van der Waals surface area contributed by atoms with Gasteiger partial charge in [0.2, 0.25) is 5.91 Å². The van der Waals surface area contributed by atoms with Crippen LogP contribution in [0.4, 0.5) is 0 Å². The standard InChI is InChI=1S/C16H15N3O4S/c1-9-3-5-10(6-4-9)12(20)7-16(14(22)23-2)11(8-17)13(21)18-15(24)19-16/h3-6,11H,7H2,1-2H3,(H2,18,19,21,24)/t11-,16+/m1/s1. The highest BCUT2D eigenvalue weighted by Crippen LogP contribution is 2.28. The predicted octanol–water partition coefficient (Wildman–Crippen LogP) is 0.624. The van der Waals surface area contributed by atoms with Gasteiger partial charge in [-0.3, -0.25) is 9.59 Å². The summed E-state index contributed by atoms with van der Waals surface area (Å²) in [5.41, 5.74) is -0.523. The molecule has 2 atom stereocenters. The Morgan fingerprint density at radius 3 is 2.54 bits per heavy atom. The van der Waals surface area contributed by atoms with Gasteiger partial charge in [-0.05, 0) is 19.1 Å². The van der Waals surface area contributed by atoms with Crippen LogP contribution in [0.25, 0.3) is 0 Å². The van der Waals surface area contributed by atoms with Crippen molar-refractivity contribution in [3.63, 3.8) is 0 Å². The number of aryl methyl sites for hydroxylation is 1. The first-order chi connectivity index (χ1) is 11.3. The maximum absolute atomic E-state index is 12.6. The molecular formula is C16H15N3O4S. The third-order valence-corrected chi connectivity index (χ3v) is 4.02. The van der Waals surface area contributed by atoms with Crippen LogP contribution in [0.15, 0.2) is 24.3 Å². The van der Waals surface area contributed by atoms with Crippen LogP contribution in [0.2, 0.25) is 0 Å². The fourth-order valence-corrected chi connectivity index (χ4v) is 2.83. The molecule has 1 aliphatic rings. The molecule has 1 saturated heterocycles. The zero-order chi connectivity index (χ0) is 17.9. The van der Waals surface area contributed by atoms with Crippen molar-refractivity contribution in [2.75, 3.05) is 7.11 Å². The van der Waals surface area contributed by atoms with Crippen molar-refractivity contribution in [1.82, 2.24) is 10.6 Å². The number of carbonyl (C=O) groups excluding carboxylic acids is 3. The quantitative estimate of drug-likeness (QED) is 0.468. The lowest BCUT2D eigenvalue weighted by atomic mass is 9.77. The Morgan fingerprint density at radius 1 is 1.38 bits per heavy atom. The maximum atomic E-state index is 12.6. The van der Waals surface area contributed by atoms with E-state index in [1.165, 1.54) is 0 Å². The number of ether oxygens (including phenoxy) is 1. The van der Waals surface area contributed by atoms with Crippen LogP contribution in [0.1, 0.15) is 22.3 Å². The molecule has 1 amide bonds. The Kier molecular flexibility index (Phi) is 4.95. The molecule has 0 aliphatic carbocycles. The first-order valence-corrected chi connectivity index (χ1v) is 7.46. The van der Waals surface area contributed by atoms with Gasteiger partial charge in [0.15, 0.2) is 22.4 Å². The predicted molar refractivity (Wildman–Crippen MR) is 87.9 cm³/mol. The number of esters is 1. The van der Waals surface area contributed by atoms with Gasteiger partial charge in [-0.25, -0.2) is 4.79 Å². The molecule has 0 aromatic heterocycles. The molecule has 1 fully saturated rings. The Hall–Kier alpha value is -2.79. The van der Waals surface area contributed by atoms with Crippen LogP contribution in [-0.2, 0) is 14.3 Å². The molecule has 1 aromatic carbocycles. The summed E-state index contributed by atoms with van der Waals surface area (Å²) in [6, 6.07) is 8.50. The number of ketones is 1. The van der Waals surface area contributed by atoms with E-state index in [2.05, 4.69) is 10.6 Å². The molecule has 124 valence electrons. The van der Waals surface area contributed by atoms with Gasteiger partial charge >= 0.3 is 5.97 Å². The van der Waals surface area contributed by atoms with Crippen molar-refractivity contribution >= 4 is 35.0 Å². The van der Waals surface area contributed by atoms with Gasteiger partial charge in [-0.15, -0.1) is 0 Å². The molecule has 2 N–H and O–H groups in total. The number of benzene rings is 1. The van der Waals surface area contributed by atoms with E-state index < -0.39 is 35.5 Å². The molecule has 2 rings (SSSR count). The number of carbonyl (C=O) groups is 3. The van der Waals surface area contributed by atoms with Gasteiger partial charge in [0.25, 0.3) is 0 Å². The highest BCUT2D eigenvalue weighted by Gasteiger charge is 2.55. The highest BCUT2D eigenvalue weighted by molar-refractivity contribution is 7.80. The maximum Gasteiger partial charge on any atom is 0.334 e. The molecule has 0 unspecified atom stereocenters. The smallest absolute Gasteiger partial charge is 0.334 e. The van der Waals surface area contributed by atoms with E-state index in [0.29, 0.717) is 5.56 Å². The number of nitrogens with one attached hydrogen (secondary N) is 2. The topological polar surface area (TPSA) is 108 Å². The van der Waals surface area contributed by atoms with Gasteiger partial charge in [0, 0.05) is 12.0 Å². The van der Waals surface area contributed by atoms with Crippen molar-refractivity contribution in [2.45, 2.75) is 18.9 Å². The lowest BCUT2D eigenvalue weighted by Crippen LogP contribution is -2.70. The largest absolute Gasteiger partial charge is 0.467 e. The van der Waals surface area contributed by atoms with Gasteiger partial charge in [0.1, 0.15) is 0 Å². The minimum absolute atomic E-state index is 0.131. The van der Waals surface area contributed by atoms with Crippen LogP contribution in [0.3, 0.4) is 0 Å². The minimum Gasteiger partial charge on any atom is -0.467 e. The number of Topliss-reactive ketones (excluding diaryl/α,β-unsaturated/α-hetero) is 1. The van der Waals surface area contributed by atoms with Crippen LogP contribution >= 0.6 is 12.2 Å². The molecule has 0 radical (unpaired) electrons. The number of hydrogen-bond acceptors (Lipinski definition) is 6. The van der Waals surface area contributed by atoms with E-state index >= 15 is 0 Å². The zero-order valence-electron chi connectivity index (χ0n) is 13.1. The molecule has 0 spiro atoms. The fraction of sp³-hybridized carbons (Fsp3) is 0.312. The normalized spacial score (nSPS) is 22.8. The SMILES string of the molecule is COC(=O)[C@@]1(CC(=O)c2ccc(C)cc2)NC(=S)NC(=O)[C@H]1C#N. The summed E-state index contributed by atoms with van der Waals surface area (Å²) in [4.78, 5) is 37.0. The van der Waals surface area contributed by atoms with Crippen LogP contribution in [-0.4, -0.2) is 35.4 Å². The average molecular weight is 345 g/mol. The Labute approximate surface area is 144 Å². The third kappa shape index (κ3) is 3.12. The fourth-order valence-electron chi connectivity index (χ4n) is 2.55. The van der Waals surface area contributed by atoms with Gasteiger partial charge in [0.05, 0.1) is 13.2 Å². The van der Waals surface area contributed by atoms with E-state index in [4.69, 9.17) is 17.0 Å². The van der Waals surface area contributed by atoms with Crippen LogP contribution in [0, 0.1) is 24.2 Å². The van der Waals surface area contributed by atoms with Crippen molar-refractivity contribution in [1.29, 1.82) is 5.26 Å². The second kappa shape index (κ2) is 6.76.